The van der Waals surface area contributed by atoms with Gasteiger partial charge in [0.1, 0.15) is 0 Å². The van der Waals surface area contributed by atoms with Gasteiger partial charge in [-0.2, -0.15) is 0 Å². The average molecular weight is 139 g/mol. The van der Waals surface area contributed by atoms with Gasteiger partial charge in [-0.25, -0.2) is 0 Å². The lowest BCUT2D eigenvalue weighted by molar-refractivity contribution is 0.164. The Hall–Kier alpha value is -0.780. The highest BCUT2D eigenvalue weighted by molar-refractivity contribution is 5.15. The number of allylic oxidation sites excluding steroid dienone is 1. The van der Waals surface area contributed by atoms with Gasteiger partial charge in [0.2, 0.25) is 0 Å². The summed E-state index contributed by atoms with van der Waals surface area (Å²) in [5.41, 5.74) is 6.26. The monoisotopic (exact) mass is 139 g/mol. The molecule has 0 aliphatic heterocycles. The first-order valence-corrected chi connectivity index (χ1v) is 3.21. The molecular formula is C8H13NO. The largest absolute Gasteiger partial charge is 0.376 e. The third-order valence-corrected chi connectivity index (χ3v) is 0.922. The van der Waals surface area contributed by atoms with E-state index in [-0.39, 0.29) is 0 Å². The molecule has 0 aliphatic rings. The van der Waals surface area contributed by atoms with Gasteiger partial charge in [0.05, 0.1) is 13.2 Å². The molecule has 10 heavy (non-hydrogen) atoms. The van der Waals surface area contributed by atoms with Crippen LogP contribution in [0.3, 0.4) is 0 Å². The predicted molar refractivity (Wildman–Crippen MR) is 42.5 cm³/mol. The SMILES string of the molecule is C#C/C=C(\C)COCCN. The molecule has 0 fully saturated rings. The molecule has 0 saturated heterocycles. The highest BCUT2D eigenvalue weighted by Crippen LogP contribution is 1.90. The average Bonchev–Trinajstić information content (AvgIpc) is 1.89. The smallest absolute Gasteiger partial charge is 0.0683 e. The highest BCUT2D eigenvalue weighted by atomic mass is 16.5. The van der Waals surface area contributed by atoms with Crippen molar-refractivity contribution in [3.8, 4) is 12.3 Å². The molecule has 0 aromatic heterocycles. The van der Waals surface area contributed by atoms with Gasteiger partial charge < -0.3 is 10.5 Å². The van der Waals surface area contributed by atoms with E-state index in [1.165, 1.54) is 0 Å². The molecule has 0 amide bonds. The van der Waals surface area contributed by atoms with Crippen LogP contribution < -0.4 is 5.73 Å². The van der Waals surface area contributed by atoms with Crippen LogP contribution in [0.25, 0.3) is 0 Å². The van der Waals surface area contributed by atoms with E-state index in [2.05, 4.69) is 5.92 Å². The van der Waals surface area contributed by atoms with E-state index in [0.29, 0.717) is 19.8 Å². The first kappa shape index (κ1) is 9.22. The highest BCUT2D eigenvalue weighted by Gasteiger charge is 1.86. The quantitative estimate of drug-likeness (QED) is 0.456. The van der Waals surface area contributed by atoms with Gasteiger partial charge in [-0.05, 0) is 18.6 Å². The van der Waals surface area contributed by atoms with Crippen molar-refractivity contribution in [1.82, 2.24) is 0 Å². The van der Waals surface area contributed by atoms with Gasteiger partial charge in [0, 0.05) is 6.54 Å². The Labute approximate surface area is 62.1 Å². The normalized spacial score (nSPS) is 11.1. The lowest BCUT2D eigenvalue weighted by atomic mass is 10.3. The van der Waals surface area contributed by atoms with Crippen molar-refractivity contribution in [3.05, 3.63) is 11.6 Å². The fourth-order valence-corrected chi connectivity index (χ4v) is 0.500. The van der Waals surface area contributed by atoms with Crippen molar-refractivity contribution in [3.63, 3.8) is 0 Å². The summed E-state index contributed by atoms with van der Waals surface area (Å²) >= 11 is 0. The Bertz CT molecular complexity index is 144. The second kappa shape index (κ2) is 6.34. The summed E-state index contributed by atoms with van der Waals surface area (Å²) in [7, 11) is 0. The molecule has 0 bridgehead atoms. The fourth-order valence-electron chi connectivity index (χ4n) is 0.500. The maximum Gasteiger partial charge on any atom is 0.0683 e. The minimum Gasteiger partial charge on any atom is -0.376 e. The second-order valence-corrected chi connectivity index (χ2v) is 2.00. The van der Waals surface area contributed by atoms with E-state index in [1.54, 1.807) is 6.08 Å². The van der Waals surface area contributed by atoms with Crippen LogP contribution in [0, 0.1) is 12.3 Å². The van der Waals surface area contributed by atoms with Crippen molar-refractivity contribution in [2.24, 2.45) is 5.73 Å². The molecule has 2 N–H and O–H groups in total. The number of nitrogens with two attached hydrogens (primary N) is 1. The molecule has 56 valence electrons. The standard InChI is InChI=1S/C8H13NO/c1-3-4-8(2)7-10-6-5-9/h1,4H,5-7,9H2,2H3/b8-4+. The van der Waals surface area contributed by atoms with Crippen molar-refractivity contribution in [2.45, 2.75) is 6.92 Å². The van der Waals surface area contributed by atoms with Crippen molar-refractivity contribution >= 4 is 0 Å². The van der Waals surface area contributed by atoms with Gasteiger partial charge in [-0.15, -0.1) is 6.42 Å². The summed E-state index contributed by atoms with van der Waals surface area (Å²) in [6.07, 6.45) is 6.72. The Morgan fingerprint density at radius 3 is 3.00 bits per heavy atom. The van der Waals surface area contributed by atoms with Gasteiger partial charge in [-0.3, -0.25) is 0 Å². The summed E-state index contributed by atoms with van der Waals surface area (Å²) in [4.78, 5) is 0. The van der Waals surface area contributed by atoms with Crippen molar-refractivity contribution in [1.29, 1.82) is 0 Å². The van der Waals surface area contributed by atoms with Crippen LogP contribution in [-0.2, 0) is 4.74 Å². The van der Waals surface area contributed by atoms with E-state index in [9.17, 15) is 0 Å². The van der Waals surface area contributed by atoms with Crippen LogP contribution in [0.2, 0.25) is 0 Å². The zero-order valence-corrected chi connectivity index (χ0v) is 6.26. The van der Waals surface area contributed by atoms with Crippen LogP contribution in [0.5, 0.6) is 0 Å². The molecule has 2 heteroatoms. The van der Waals surface area contributed by atoms with Gasteiger partial charge >= 0.3 is 0 Å². The lowest BCUT2D eigenvalue weighted by Crippen LogP contribution is -2.09. The molecule has 2 nitrogen and oxygen atoms in total. The lowest BCUT2D eigenvalue weighted by Gasteiger charge is -1.99. The zero-order valence-electron chi connectivity index (χ0n) is 6.26. The minimum atomic E-state index is 0.559. The third kappa shape index (κ3) is 5.36. The number of ether oxygens (including phenoxy) is 1. The molecule has 0 saturated carbocycles. The third-order valence-electron chi connectivity index (χ3n) is 0.922. The molecule has 0 aromatic rings. The summed E-state index contributed by atoms with van der Waals surface area (Å²) < 4.78 is 5.11. The van der Waals surface area contributed by atoms with E-state index in [0.717, 1.165) is 5.57 Å². The molecule has 0 radical (unpaired) electrons. The number of terminal acetylenes is 1. The van der Waals surface area contributed by atoms with Gasteiger partial charge in [0.25, 0.3) is 0 Å². The Morgan fingerprint density at radius 1 is 1.80 bits per heavy atom. The molecule has 0 spiro atoms. The second-order valence-electron chi connectivity index (χ2n) is 2.00. The summed E-state index contributed by atoms with van der Waals surface area (Å²) in [5.74, 6) is 2.42. The van der Waals surface area contributed by atoms with Gasteiger partial charge in [0.15, 0.2) is 0 Å². The van der Waals surface area contributed by atoms with Crippen molar-refractivity contribution < 1.29 is 4.74 Å². The van der Waals surface area contributed by atoms with E-state index in [1.807, 2.05) is 6.92 Å². The maximum absolute atomic E-state index is 5.20. The summed E-state index contributed by atoms with van der Waals surface area (Å²) in [6, 6.07) is 0. The molecule has 0 rings (SSSR count). The van der Waals surface area contributed by atoms with Crippen LogP contribution in [-0.4, -0.2) is 19.8 Å². The Balaban J connectivity index is 3.32. The molecule has 0 atom stereocenters. The molecule has 0 unspecified atom stereocenters. The van der Waals surface area contributed by atoms with Crippen LogP contribution in [0.15, 0.2) is 11.6 Å². The maximum atomic E-state index is 5.20. The Morgan fingerprint density at radius 2 is 2.50 bits per heavy atom. The first-order chi connectivity index (χ1) is 4.81. The zero-order chi connectivity index (χ0) is 7.82. The molecular weight excluding hydrogens is 126 g/mol. The van der Waals surface area contributed by atoms with Gasteiger partial charge in [-0.1, -0.05) is 5.92 Å². The fraction of sp³-hybridized carbons (Fsp3) is 0.500. The van der Waals surface area contributed by atoms with E-state index >= 15 is 0 Å². The van der Waals surface area contributed by atoms with Crippen LogP contribution in [0.4, 0.5) is 0 Å². The predicted octanol–water partition coefficient (Wildman–Crippen LogP) is 0.541. The van der Waals surface area contributed by atoms with E-state index in [4.69, 9.17) is 16.9 Å². The van der Waals surface area contributed by atoms with Crippen LogP contribution >= 0.6 is 0 Å². The molecule has 0 aromatic carbocycles. The topological polar surface area (TPSA) is 35.2 Å². The minimum absolute atomic E-state index is 0.559. The van der Waals surface area contributed by atoms with Crippen molar-refractivity contribution in [2.75, 3.05) is 19.8 Å². The number of hydrogen-bond donors (Lipinski definition) is 1. The summed E-state index contributed by atoms with van der Waals surface area (Å²) in [6.45, 7) is 3.66. The van der Waals surface area contributed by atoms with Crippen LogP contribution in [0.1, 0.15) is 6.92 Å². The first-order valence-electron chi connectivity index (χ1n) is 3.21. The number of rotatable bonds is 4. The number of hydrogen-bond acceptors (Lipinski definition) is 2. The Kier molecular flexibility index (Phi) is 5.85. The van der Waals surface area contributed by atoms with E-state index < -0.39 is 0 Å². The molecule has 0 aliphatic carbocycles. The summed E-state index contributed by atoms with van der Waals surface area (Å²) in [5, 5.41) is 0. The molecule has 0 heterocycles.